The van der Waals surface area contributed by atoms with Crippen LogP contribution in [0, 0.1) is 11.7 Å². The van der Waals surface area contributed by atoms with Gasteiger partial charge in [0.15, 0.2) is 0 Å². The molecule has 3 rings (SSSR count). The molecule has 0 bridgehead atoms. The van der Waals surface area contributed by atoms with Crippen LogP contribution < -0.4 is 0 Å². The molecule has 1 N–H and O–H groups in total. The third-order valence-corrected chi connectivity index (χ3v) is 8.71. The lowest BCUT2D eigenvalue weighted by Crippen LogP contribution is -2.39. The lowest BCUT2D eigenvalue weighted by atomic mass is 9.66. The normalized spacial score (nSPS) is 19.7. The van der Waals surface area contributed by atoms with Gasteiger partial charge in [-0.05, 0) is 72.8 Å². The van der Waals surface area contributed by atoms with Gasteiger partial charge in [0, 0.05) is 0 Å². The molecule has 1 fully saturated rings. The van der Waals surface area contributed by atoms with Crippen molar-refractivity contribution in [2.45, 2.75) is 128 Å². The van der Waals surface area contributed by atoms with E-state index in [1.54, 1.807) is 6.07 Å². The fourth-order valence-corrected chi connectivity index (χ4v) is 6.13. The fourth-order valence-electron chi connectivity index (χ4n) is 6.13. The molecular weight excluding hydrogens is 459 g/mol. The molecule has 3 heteroatoms. The van der Waals surface area contributed by atoms with E-state index in [1.807, 2.05) is 36.4 Å². The van der Waals surface area contributed by atoms with Gasteiger partial charge in [-0.15, -0.1) is 0 Å². The summed E-state index contributed by atoms with van der Waals surface area (Å²) in [6, 6.07) is 13.4. The molecule has 0 unspecified atom stereocenters. The lowest BCUT2D eigenvalue weighted by Gasteiger charge is -2.37. The van der Waals surface area contributed by atoms with Gasteiger partial charge in [-0.3, -0.25) is 4.79 Å². The van der Waals surface area contributed by atoms with Crippen molar-refractivity contribution >= 4 is 5.97 Å². The fraction of sp³-hybridized carbons (Fsp3) is 0.618. The molecule has 0 saturated heterocycles. The molecule has 0 aromatic heterocycles. The van der Waals surface area contributed by atoms with Crippen molar-refractivity contribution < 1.29 is 14.3 Å². The quantitative estimate of drug-likeness (QED) is 0.229. The van der Waals surface area contributed by atoms with Crippen LogP contribution >= 0.6 is 0 Å². The average molecular weight is 509 g/mol. The number of hydrogen-bond donors (Lipinski definition) is 1. The maximum absolute atomic E-state index is 14.8. The van der Waals surface area contributed by atoms with Crippen LogP contribution in [-0.4, -0.2) is 11.1 Å². The number of halogens is 1. The van der Waals surface area contributed by atoms with Crippen molar-refractivity contribution in [2.75, 3.05) is 0 Å². The summed E-state index contributed by atoms with van der Waals surface area (Å²) in [4.78, 5) is 12.5. The topological polar surface area (TPSA) is 37.3 Å². The van der Waals surface area contributed by atoms with E-state index in [9.17, 15) is 14.3 Å². The molecule has 0 heterocycles. The summed E-state index contributed by atoms with van der Waals surface area (Å²) in [5.74, 6) is -0.179. The SMILES string of the molecule is CCCCCCCCC1CCC(C(=O)O)(c2ccc(-c3ccc(CCCCCCC)c(F)c3)cc2)CC1. The number of carboxylic acid groups (broad SMARTS) is 1. The van der Waals surface area contributed by atoms with E-state index in [1.165, 1.54) is 64.2 Å². The third kappa shape index (κ3) is 8.42. The highest BCUT2D eigenvalue weighted by atomic mass is 19.1. The van der Waals surface area contributed by atoms with Crippen molar-refractivity contribution in [2.24, 2.45) is 5.92 Å². The summed E-state index contributed by atoms with van der Waals surface area (Å²) in [6.45, 7) is 4.45. The first-order chi connectivity index (χ1) is 18.0. The zero-order valence-electron chi connectivity index (χ0n) is 23.4. The number of benzene rings is 2. The predicted octanol–water partition coefficient (Wildman–Crippen LogP) is 10.3. The molecule has 0 aliphatic heterocycles. The number of rotatable bonds is 16. The van der Waals surface area contributed by atoms with Crippen LogP contribution in [0.1, 0.15) is 128 Å². The van der Waals surface area contributed by atoms with Crippen LogP contribution in [0.2, 0.25) is 0 Å². The van der Waals surface area contributed by atoms with E-state index in [2.05, 4.69) is 13.8 Å². The molecule has 37 heavy (non-hydrogen) atoms. The van der Waals surface area contributed by atoms with E-state index >= 15 is 0 Å². The molecule has 2 aromatic carbocycles. The average Bonchev–Trinajstić information content (AvgIpc) is 2.91. The molecule has 2 aromatic rings. The van der Waals surface area contributed by atoms with Crippen LogP contribution in [0.3, 0.4) is 0 Å². The second-order valence-electron chi connectivity index (χ2n) is 11.4. The van der Waals surface area contributed by atoms with E-state index in [4.69, 9.17) is 0 Å². The number of unbranched alkanes of at least 4 members (excludes halogenated alkanes) is 9. The zero-order valence-corrected chi connectivity index (χ0v) is 23.4. The molecule has 0 amide bonds. The van der Waals surface area contributed by atoms with Crippen molar-refractivity contribution in [3.05, 3.63) is 59.4 Å². The van der Waals surface area contributed by atoms with Gasteiger partial charge < -0.3 is 5.11 Å². The van der Waals surface area contributed by atoms with E-state index in [0.717, 1.165) is 54.4 Å². The van der Waals surface area contributed by atoms with Crippen molar-refractivity contribution in [1.82, 2.24) is 0 Å². The standard InChI is InChI=1S/C34H49FO2/c1-3-5-7-9-11-12-14-27-22-24-34(25-23-27,33(36)37)31-20-18-28(19-21-31)30-17-16-29(32(35)26-30)15-13-10-8-6-4-2/h16-21,26-27H,3-15,22-25H2,1-2H3,(H,36,37). The minimum atomic E-state index is -0.789. The Hall–Kier alpha value is -2.16. The zero-order chi connectivity index (χ0) is 26.5. The van der Waals surface area contributed by atoms with Crippen molar-refractivity contribution in [3.63, 3.8) is 0 Å². The lowest BCUT2D eigenvalue weighted by molar-refractivity contribution is -0.145. The largest absolute Gasteiger partial charge is 0.481 e. The predicted molar refractivity (Wildman–Crippen MR) is 154 cm³/mol. The number of hydrogen-bond acceptors (Lipinski definition) is 1. The number of aliphatic carboxylic acids is 1. The number of carboxylic acids is 1. The van der Waals surface area contributed by atoms with Gasteiger partial charge in [0.2, 0.25) is 0 Å². The molecule has 0 radical (unpaired) electrons. The maximum atomic E-state index is 14.8. The second kappa shape index (κ2) is 15.3. The summed E-state index contributed by atoms with van der Waals surface area (Å²) in [7, 11) is 0. The van der Waals surface area contributed by atoms with Crippen LogP contribution in [0.15, 0.2) is 42.5 Å². The summed E-state index contributed by atoms with van der Waals surface area (Å²) in [5.41, 5.74) is 2.69. The third-order valence-electron chi connectivity index (χ3n) is 8.71. The smallest absolute Gasteiger partial charge is 0.314 e. The van der Waals surface area contributed by atoms with Gasteiger partial charge in [-0.2, -0.15) is 0 Å². The van der Waals surface area contributed by atoms with Gasteiger partial charge in [0.05, 0.1) is 5.41 Å². The maximum Gasteiger partial charge on any atom is 0.314 e. The number of aryl methyl sites for hydroxylation is 1. The van der Waals surface area contributed by atoms with Gasteiger partial charge in [-0.25, -0.2) is 4.39 Å². The highest BCUT2D eigenvalue weighted by Gasteiger charge is 2.43. The summed E-state index contributed by atoms with van der Waals surface area (Å²) < 4.78 is 14.8. The molecule has 1 aliphatic carbocycles. The minimum Gasteiger partial charge on any atom is -0.481 e. The Kier molecular flexibility index (Phi) is 12.2. The van der Waals surface area contributed by atoms with Crippen LogP contribution in [-0.2, 0) is 16.6 Å². The van der Waals surface area contributed by atoms with E-state index in [0.29, 0.717) is 18.8 Å². The molecule has 0 atom stereocenters. The Morgan fingerprint density at radius 2 is 1.38 bits per heavy atom. The molecule has 0 spiro atoms. The van der Waals surface area contributed by atoms with Crippen LogP contribution in [0.4, 0.5) is 4.39 Å². The van der Waals surface area contributed by atoms with Gasteiger partial charge in [0.25, 0.3) is 0 Å². The van der Waals surface area contributed by atoms with E-state index in [-0.39, 0.29) is 5.82 Å². The molecule has 1 aliphatic rings. The summed E-state index contributed by atoms with van der Waals surface area (Å²) in [5, 5.41) is 10.2. The van der Waals surface area contributed by atoms with Crippen molar-refractivity contribution in [1.29, 1.82) is 0 Å². The Morgan fingerprint density at radius 1 is 0.811 bits per heavy atom. The van der Waals surface area contributed by atoms with Crippen LogP contribution in [0.5, 0.6) is 0 Å². The Balaban J connectivity index is 1.57. The minimum absolute atomic E-state index is 0.136. The first kappa shape index (κ1) is 29.4. The Morgan fingerprint density at radius 3 is 1.97 bits per heavy atom. The van der Waals surface area contributed by atoms with Gasteiger partial charge in [-0.1, -0.05) is 121 Å². The van der Waals surface area contributed by atoms with E-state index < -0.39 is 11.4 Å². The summed E-state index contributed by atoms with van der Waals surface area (Å²) >= 11 is 0. The Labute approximate surface area is 225 Å². The molecule has 1 saturated carbocycles. The highest BCUT2D eigenvalue weighted by molar-refractivity contribution is 5.82. The van der Waals surface area contributed by atoms with Gasteiger partial charge >= 0.3 is 5.97 Å². The molecular formula is C34H49FO2. The summed E-state index contributed by atoms with van der Waals surface area (Å²) in [6.07, 6.45) is 19.2. The van der Waals surface area contributed by atoms with Crippen LogP contribution in [0.25, 0.3) is 11.1 Å². The molecule has 204 valence electrons. The monoisotopic (exact) mass is 508 g/mol. The van der Waals surface area contributed by atoms with Crippen molar-refractivity contribution in [3.8, 4) is 11.1 Å². The highest BCUT2D eigenvalue weighted by Crippen LogP contribution is 2.43. The Bertz CT molecular complexity index is 941. The first-order valence-corrected chi connectivity index (χ1v) is 15.1. The second-order valence-corrected chi connectivity index (χ2v) is 11.4. The van der Waals surface area contributed by atoms with Gasteiger partial charge in [0.1, 0.15) is 5.82 Å². The molecule has 2 nitrogen and oxygen atoms in total. The number of carbonyl (C=O) groups is 1. The first-order valence-electron chi connectivity index (χ1n) is 15.1.